The molecule has 0 radical (unpaired) electrons. The Hall–Kier alpha value is -2.40. The molecular weight excluding hydrogens is 294 g/mol. The molecule has 0 saturated carbocycles. The summed E-state index contributed by atoms with van der Waals surface area (Å²) in [6.07, 6.45) is 1.69. The lowest BCUT2D eigenvalue weighted by atomic mass is 9.99. The minimum Gasteiger partial charge on any atom is -0.303 e. The van der Waals surface area contributed by atoms with Gasteiger partial charge in [0.25, 0.3) is 0 Å². The summed E-state index contributed by atoms with van der Waals surface area (Å²) in [5.74, 6) is 0.386. The average molecular weight is 309 g/mol. The number of carbonyl (C=O) groups excluding carboxylic acids is 1. The second-order valence-electron chi connectivity index (χ2n) is 4.93. The van der Waals surface area contributed by atoms with Crippen molar-refractivity contribution < 1.29 is 4.79 Å². The largest absolute Gasteiger partial charge is 0.303 e. The van der Waals surface area contributed by atoms with Gasteiger partial charge < -0.3 is 5.32 Å². The zero-order valence-corrected chi connectivity index (χ0v) is 12.9. The summed E-state index contributed by atoms with van der Waals surface area (Å²) in [7, 11) is 0. The second-order valence-corrected chi connectivity index (χ2v) is 5.89. The van der Waals surface area contributed by atoms with Crippen molar-refractivity contribution in [3.05, 3.63) is 59.7 Å². The number of thioether (sulfide) groups is 1. The molecule has 1 fully saturated rings. The van der Waals surface area contributed by atoms with Crippen LogP contribution in [0.5, 0.6) is 0 Å². The van der Waals surface area contributed by atoms with E-state index in [2.05, 4.69) is 46.7 Å². The highest BCUT2D eigenvalue weighted by molar-refractivity contribution is 8.15. The van der Waals surface area contributed by atoms with Gasteiger partial charge in [-0.2, -0.15) is 5.10 Å². The van der Waals surface area contributed by atoms with Gasteiger partial charge in [-0.25, -0.2) is 0 Å². The topological polar surface area (TPSA) is 53.8 Å². The first kappa shape index (κ1) is 14.5. The van der Waals surface area contributed by atoms with Gasteiger partial charge in [0, 0.05) is 0 Å². The molecule has 22 heavy (non-hydrogen) atoms. The Morgan fingerprint density at radius 1 is 1.18 bits per heavy atom. The SMILES string of the molecule is Cc1ccccc1-c1cccc(C=NN=C2NC(=O)CS2)c1. The van der Waals surface area contributed by atoms with E-state index in [9.17, 15) is 4.79 Å². The minimum atomic E-state index is -0.0273. The summed E-state index contributed by atoms with van der Waals surface area (Å²) >= 11 is 1.36. The van der Waals surface area contributed by atoms with Gasteiger partial charge in [0.2, 0.25) is 5.91 Å². The van der Waals surface area contributed by atoms with E-state index in [0.717, 1.165) is 11.1 Å². The van der Waals surface area contributed by atoms with Crippen molar-refractivity contribution >= 4 is 29.1 Å². The highest BCUT2D eigenvalue weighted by Gasteiger charge is 2.15. The Balaban J connectivity index is 1.80. The predicted octanol–water partition coefficient (Wildman–Crippen LogP) is 3.21. The molecule has 1 heterocycles. The molecule has 1 N–H and O–H groups in total. The molecule has 0 atom stereocenters. The molecule has 5 heteroatoms. The first-order valence-corrected chi connectivity index (χ1v) is 7.91. The molecule has 110 valence electrons. The van der Waals surface area contributed by atoms with E-state index in [1.165, 1.54) is 22.9 Å². The summed E-state index contributed by atoms with van der Waals surface area (Å²) in [5, 5.41) is 11.2. The molecule has 1 amide bonds. The molecular formula is C17H15N3OS. The fourth-order valence-electron chi connectivity index (χ4n) is 2.21. The number of rotatable bonds is 3. The van der Waals surface area contributed by atoms with Crippen LogP contribution in [0, 0.1) is 6.92 Å². The van der Waals surface area contributed by atoms with Gasteiger partial charge in [0.1, 0.15) is 0 Å². The maximum Gasteiger partial charge on any atom is 0.236 e. The molecule has 1 aliphatic heterocycles. The monoisotopic (exact) mass is 309 g/mol. The van der Waals surface area contributed by atoms with E-state index in [0.29, 0.717) is 10.9 Å². The lowest BCUT2D eigenvalue weighted by Crippen LogP contribution is -2.19. The molecule has 0 bridgehead atoms. The van der Waals surface area contributed by atoms with E-state index >= 15 is 0 Å². The number of aryl methyl sites for hydroxylation is 1. The molecule has 0 aromatic heterocycles. The van der Waals surface area contributed by atoms with Crippen LogP contribution in [-0.4, -0.2) is 23.0 Å². The van der Waals surface area contributed by atoms with Crippen molar-refractivity contribution in [2.45, 2.75) is 6.92 Å². The number of nitrogens with one attached hydrogen (secondary N) is 1. The van der Waals surface area contributed by atoms with Crippen molar-refractivity contribution in [3.63, 3.8) is 0 Å². The summed E-state index contributed by atoms with van der Waals surface area (Å²) in [5.41, 5.74) is 4.57. The molecule has 2 aromatic carbocycles. The lowest BCUT2D eigenvalue weighted by Gasteiger charge is -2.06. The van der Waals surface area contributed by atoms with E-state index in [-0.39, 0.29) is 5.91 Å². The number of hydrogen-bond acceptors (Lipinski definition) is 4. The Morgan fingerprint density at radius 2 is 2.05 bits per heavy atom. The van der Waals surface area contributed by atoms with Crippen LogP contribution in [0.15, 0.2) is 58.7 Å². The first-order valence-electron chi connectivity index (χ1n) is 6.92. The van der Waals surface area contributed by atoms with E-state index < -0.39 is 0 Å². The predicted molar refractivity (Wildman–Crippen MR) is 92.2 cm³/mol. The summed E-state index contributed by atoms with van der Waals surface area (Å²) in [4.78, 5) is 11.1. The molecule has 4 nitrogen and oxygen atoms in total. The normalized spacial score (nSPS) is 16.4. The summed E-state index contributed by atoms with van der Waals surface area (Å²) in [6, 6.07) is 16.4. The quantitative estimate of drug-likeness (QED) is 0.699. The first-order chi connectivity index (χ1) is 10.7. The molecule has 0 spiro atoms. The second kappa shape index (κ2) is 6.58. The van der Waals surface area contributed by atoms with Gasteiger partial charge >= 0.3 is 0 Å². The van der Waals surface area contributed by atoms with Crippen molar-refractivity contribution in [1.29, 1.82) is 0 Å². The van der Waals surface area contributed by atoms with Gasteiger partial charge in [-0.05, 0) is 35.2 Å². The zero-order valence-electron chi connectivity index (χ0n) is 12.1. The summed E-state index contributed by atoms with van der Waals surface area (Å²) < 4.78 is 0. The van der Waals surface area contributed by atoms with E-state index in [4.69, 9.17) is 0 Å². The zero-order chi connectivity index (χ0) is 15.4. The van der Waals surface area contributed by atoms with Crippen LogP contribution < -0.4 is 5.32 Å². The Bertz CT molecular complexity index is 768. The van der Waals surface area contributed by atoms with Crippen LogP contribution in [0.1, 0.15) is 11.1 Å². The third-order valence-corrected chi connectivity index (χ3v) is 4.15. The minimum absolute atomic E-state index is 0.0273. The summed E-state index contributed by atoms with van der Waals surface area (Å²) in [6.45, 7) is 2.10. The Morgan fingerprint density at radius 3 is 2.82 bits per heavy atom. The van der Waals surface area contributed by atoms with Crippen LogP contribution in [-0.2, 0) is 4.79 Å². The number of hydrogen-bond donors (Lipinski definition) is 1. The standard InChI is InChI=1S/C17H15N3OS/c1-12-5-2-3-8-15(12)14-7-4-6-13(9-14)10-18-20-17-19-16(21)11-22-17/h2-10H,11H2,1H3,(H,19,20,21). The smallest absolute Gasteiger partial charge is 0.236 e. The fraction of sp³-hybridized carbons (Fsp3) is 0.118. The Labute approximate surface area is 133 Å². The number of nitrogens with zero attached hydrogens (tertiary/aromatic N) is 2. The molecule has 1 saturated heterocycles. The third-order valence-electron chi connectivity index (χ3n) is 3.28. The molecule has 2 aromatic rings. The average Bonchev–Trinajstić information content (AvgIpc) is 2.94. The van der Waals surface area contributed by atoms with E-state index in [1.54, 1.807) is 6.21 Å². The molecule has 3 rings (SSSR count). The van der Waals surface area contributed by atoms with Crippen molar-refractivity contribution in [3.8, 4) is 11.1 Å². The molecule has 1 aliphatic rings. The highest BCUT2D eigenvalue weighted by Crippen LogP contribution is 2.23. The van der Waals surface area contributed by atoms with Crippen molar-refractivity contribution in [1.82, 2.24) is 5.32 Å². The van der Waals surface area contributed by atoms with Gasteiger partial charge in [0.15, 0.2) is 5.17 Å². The number of carbonyl (C=O) groups is 1. The third kappa shape index (κ3) is 3.43. The van der Waals surface area contributed by atoms with Crippen LogP contribution in [0.3, 0.4) is 0 Å². The van der Waals surface area contributed by atoms with E-state index in [1.807, 2.05) is 24.3 Å². The van der Waals surface area contributed by atoms with Gasteiger partial charge in [-0.3, -0.25) is 4.79 Å². The van der Waals surface area contributed by atoms with Crippen molar-refractivity contribution in [2.75, 3.05) is 5.75 Å². The number of amidine groups is 1. The highest BCUT2D eigenvalue weighted by atomic mass is 32.2. The van der Waals surface area contributed by atoms with Crippen molar-refractivity contribution in [2.24, 2.45) is 10.2 Å². The fourth-order valence-corrected chi connectivity index (χ4v) is 2.84. The van der Waals surface area contributed by atoms with Crippen LogP contribution in [0.25, 0.3) is 11.1 Å². The number of amides is 1. The maximum absolute atomic E-state index is 11.1. The van der Waals surface area contributed by atoms with Crippen LogP contribution in [0.2, 0.25) is 0 Å². The lowest BCUT2D eigenvalue weighted by molar-refractivity contribution is -0.116. The van der Waals surface area contributed by atoms with Crippen LogP contribution in [0.4, 0.5) is 0 Å². The molecule has 0 aliphatic carbocycles. The maximum atomic E-state index is 11.1. The Kier molecular flexibility index (Phi) is 4.34. The van der Waals surface area contributed by atoms with Gasteiger partial charge in [-0.1, -0.05) is 54.2 Å². The number of benzene rings is 2. The van der Waals surface area contributed by atoms with Gasteiger partial charge in [0.05, 0.1) is 12.0 Å². The molecule has 0 unspecified atom stereocenters. The van der Waals surface area contributed by atoms with Gasteiger partial charge in [-0.15, -0.1) is 5.10 Å². The van der Waals surface area contributed by atoms with Crippen LogP contribution >= 0.6 is 11.8 Å².